The second kappa shape index (κ2) is 4.67. The summed E-state index contributed by atoms with van der Waals surface area (Å²) >= 11 is 0. The van der Waals surface area contributed by atoms with Crippen LogP contribution in [-0.4, -0.2) is 23.9 Å². The van der Waals surface area contributed by atoms with Gasteiger partial charge in [-0.15, -0.1) is 0 Å². The fourth-order valence-electron chi connectivity index (χ4n) is 3.71. The fraction of sp³-hybridized carbons (Fsp3) is 0.625. The van der Waals surface area contributed by atoms with Crippen LogP contribution >= 0.6 is 0 Å². The van der Waals surface area contributed by atoms with Crippen molar-refractivity contribution < 1.29 is 9.84 Å². The molecule has 2 heteroatoms. The molecular weight excluding hydrogens is 224 g/mol. The lowest BCUT2D eigenvalue weighted by molar-refractivity contribution is -0.130. The summed E-state index contributed by atoms with van der Waals surface area (Å²) in [5, 5.41) is 11.0. The maximum atomic E-state index is 11.0. The molecule has 0 bridgehead atoms. The molecule has 0 saturated heterocycles. The molecule has 1 aromatic rings. The zero-order valence-electron chi connectivity index (χ0n) is 11.0. The zero-order chi connectivity index (χ0) is 12.6. The van der Waals surface area contributed by atoms with Gasteiger partial charge in [-0.25, -0.2) is 0 Å². The maximum absolute atomic E-state index is 11.0. The van der Waals surface area contributed by atoms with E-state index in [0.717, 1.165) is 25.7 Å². The zero-order valence-corrected chi connectivity index (χ0v) is 11.0. The summed E-state index contributed by atoms with van der Waals surface area (Å²) < 4.78 is 5.54. The van der Waals surface area contributed by atoms with E-state index in [1.807, 2.05) is 6.07 Å². The van der Waals surface area contributed by atoms with E-state index < -0.39 is 5.60 Å². The number of ether oxygens (including phenoxy) is 1. The van der Waals surface area contributed by atoms with E-state index in [-0.39, 0.29) is 6.10 Å². The first-order chi connectivity index (χ1) is 8.75. The smallest absolute Gasteiger partial charge is 0.0942 e. The van der Waals surface area contributed by atoms with Crippen molar-refractivity contribution in [1.29, 1.82) is 0 Å². The van der Waals surface area contributed by atoms with Gasteiger partial charge in [0, 0.05) is 7.11 Å². The Hall–Kier alpha value is -0.860. The second-order valence-corrected chi connectivity index (χ2v) is 5.82. The van der Waals surface area contributed by atoms with Gasteiger partial charge in [-0.05, 0) is 36.7 Å². The summed E-state index contributed by atoms with van der Waals surface area (Å²) in [5.74, 6) is 0.928. The fourth-order valence-corrected chi connectivity index (χ4v) is 3.71. The van der Waals surface area contributed by atoms with Crippen LogP contribution in [0.25, 0.3) is 0 Å². The quantitative estimate of drug-likeness (QED) is 0.888. The van der Waals surface area contributed by atoms with Crippen molar-refractivity contribution in [2.24, 2.45) is 5.92 Å². The van der Waals surface area contributed by atoms with Crippen LogP contribution in [0.4, 0.5) is 0 Å². The molecule has 2 aliphatic carbocycles. The summed E-state index contributed by atoms with van der Waals surface area (Å²) in [5.41, 5.74) is 0.782. The minimum atomic E-state index is -0.590. The molecule has 0 spiro atoms. The molecule has 98 valence electrons. The third-order valence-electron chi connectivity index (χ3n) is 4.80. The van der Waals surface area contributed by atoms with Gasteiger partial charge in [-0.2, -0.15) is 0 Å². The summed E-state index contributed by atoms with van der Waals surface area (Å²) in [6, 6.07) is 10.6. The first kappa shape index (κ1) is 12.2. The molecule has 0 aromatic heterocycles. The largest absolute Gasteiger partial charge is 0.387 e. The van der Waals surface area contributed by atoms with Gasteiger partial charge in [0.1, 0.15) is 0 Å². The molecule has 0 radical (unpaired) electrons. The SMILES string of the molecule is COC1CCCCC1(O)C1CC1c1ccccc1. The van der Waals surface area contributed by atoms with Gasteiger partial charge in [0.25, 0.3) is 0 Å². The highest BCUT2D eigenvalue weighted by Gasteiger charge is 2.56. The number of methoxy groups -OCH3 is 1. The number of rotatable bonds is 3. The van der Waals surface area contributed by atoms with E-state index in [1.54, 1.807) is 7.11 Å². The van der Waals surface area contributed by atoms with Crippen LogP contribution in [-0.2, 0) is 4.74 Å². The minimum absolute atomic E-state index is 0.0324. The van der Waals surface area contributed by atoms with Crippen LogP contribution in [0.2, 0.25) is 0 Å². The highest BCUT2D eigenvalue weighted by molar-refractivity contribution is 5.28. The lowest BCUT2D eigenvalue weighted by Crippen LogP contribution is -2.48. The molecule has 0 heterocycles. The molecule has 2 nitrogen and oxygen atoms in total. The summed E-state index contributed by atoms with van der Waals surface area (Å²) in [7, 11) is 1.74. The van der Waals surface area contributed by atoms with Gasteiger partial charge in [0.15, 0.2) is 0 Å². The molecular formula is C16H22O2. The Morgan fingerprint density at radius 3 is 2.72 bits per heavy atom. The van der Waals surface area contributed by atoms with Crippen LogP contribution in [0.1, 0.15) is 43.6 Å². The van der Waals surface area contributed by atoms with Crippen molar-refractivity contribution in [3.8, 4) is 0 Å². The molecule has 0 amide bonds. The standard InChI is InChI=1S/C16H22O2/c1-18-15-9-5-6-10-16(15,17)14-11-13(14)12-7-3-2-4-8-12/h2-4,7-8,13-15,17H,5-6,9-11H2,1H3. The van der Waals surface area contributed by atoms with Crippen LogP contribution in [0.5, 0.6) is 0 Å². The van der Waals surface area contributed by atoms with E-state index in [2.05, 4.69) is 24.3 Å². The average Bonchev–Trinajstić information content (AvgIpc) is 3.21. The van der Waals surface area contributed by atoms with E-state index in [4.69, 9.17) is 4.74 Å². The lowest BCUT2D eigenvalue weighted by Gasteiger charge is -2.39. The van der Waals surface area contributed by atoms with Crippen molar-refractivity contribution in [3.05, 3.63) is 35.9 Å². The predicted octanol–water partition coefficient (Wildman–Crippen LogP) is 3.11. The topological polar surface area (TPSA) is 29.5 Å². The van der Waals surface area contributed by atoms with Gasteiger partial charge in [0.2, 0.25) is 0 Å². The van der Waals surface area contributed by atoms with Gasteiger partial charge in [-0.1, -0.05) is 43.2 Å². The number of hydrogen-bond acceptors (Lipinski definition) is 2. The Kier molecular flexibility index (Phi) is 3.16. The number of benzene rings is 1. The first-order valence-corrected chi connectivity index (χ1v) is 7.06. The molecule has 1 aromatic carbocycles. The van der Waals surface area contributed by atoms with Crippen molar-refractivity contribution in [1.82, 2.24) is 0 Å². The molecule has 3 rings (SSSR count). The number of hydrogen-bond donors (Lipinski definition) is 1. The molecule has 1 N–H and O–H groups in total. The van der Waals surface area contributed by atoms with Crippen LogP contribution < -0.4 is 0 Å². The lowest BCUT2D eigenvalue weighted by atomic mass is 9.77. The normalized spacial score (nSPS) is 39.6. The highest BCUT2D eigenvalue weighted by Crippen LogP contribution is 2.57. The van der Waals surface area contributed by atoms with Crippen molar-refractivity contribution in [3.63, 3.8) is 0 Å². The Morgan fingerprint density at radius 1 is 1.22 bits per heavy atom. The van der Waals surface area contributed by atoms with Crippen LogP contribution in [0.3, 0.4) is 0 Å². The van der Waals surface area contributed by atoms with Gasteiger partial charge in [0.05, 0.1) is 11.7 Å². The van der Waals surface area contributed by atoms with Gasteiger partial charge < -0.3 is 9.84 Å². The molecule has 2 aliphatic rings. The monoisotopic (exact) mass is 246 g/mol. The average molecular weight is 246 g/mol. The van der Waals surface area contributed by atoms with E-state index in [0.29, 0.717) is 11.8 Å². The van der Waals surface area contributed by atoms with Crippen molar-refractivity contribution in [2.45, 2.75) is 49.7 Å². The second-order valence-electron chi connectivity index (χ2n) is 5.82. The summed E-state index contributed by atoms with van der Waals surface area (Å²) in [6.07, 6.45) is 5.37. The maximum Gasteiger partial charge on any atom is 0.0942 e. The van der Waals surface area contributed by atoms with Crippen molar-refractivity contribution >= 4 is 0 Å². The van der Waals surface area contributed by atoms with E-state index in [1.165, 1.54) is 12.0 Å². The Balaban J connectivity index is 1.76. The Bertz CT molecular complexity index is 403. The number of aliphatic hydroxyl groups is 1. The van der Waals surface area contributed by atoms with Crippen LogP contribution in [0, 0.1) is 5.92 Å². The summed E-state index contributed by atoms with van der Waals surface area (Å²) in [6.45, 7) is 0. The molecule has 0 aliphatic heterocycles. The molecule has 4 atom stereocenters. The van der Waals surface area contributed by atoms with E-state index in [9.17, 15) is 5.11 Å². The third-order valence-corrected chi connectivity index (χ3v) is 4.80. The molecule has 18 heavy (non-hydrogen) atoms. The highest BCUT2D eigenvalue weighted by atomic mass is 16.5. The van der Waals surface area contributed by atoms with Crippen LogP contribution in [0.15, 0.2) is 30.3 Å². The minimum Gasteiger partial charge on any atom is -0.387 e. The van der Waals surface area contributed by atoms with Gasteiger partial charge >= 0.3 is 0 Å². The Labute approximate surface area is 109 Å². The van der Waals surface area contributed by atoms with E-state index >= 15 is 0 Å². The molecule has 4 unspecified atom stereocenters. The molecule has 2 fully saturated rings. The first-order valence-electron chi connectivity index (χ1n) is 7.06. The molecule has 2 saturated carbocycles. The Morgan fingerprint density at radius 2 is 2.00 bits per heavy atom. The third kappa shape index (κ3) is 1.98. The van der Waals surface area contributed by atoms with Crippen molar-refractivity contribution in [2.75, 3.05) is 7.11 Å². The predicted molar refractivity (Wildman–Crippen MR) is 71.5 cm³/mol. The summed E-state index contributed by atoms with van der Waals surface area (Å²) in [4.78, 5) is 0. The van der Waals surface area contributed by atoms with Gasteiger partial charge in [-0.3, -0.25) is 0 Å².